The van der Waals surface area contributed by atoms with E-state index in [0.717, 1.165) is 11.8 Å². The molecule has 0 saturated heterocycles. The van der Waals surface area contributed by atoms with Crippen LogP contribution in [0.1, 0.15) is 6.92 Å². The van der Waals surface area contributed by atoms with Crippen LogP contribution in [0.2, 0.25) is 0 Å². The van der Waals surface area contributed by atoms with Gasteiger partial charge in [-0.3, -0.25) is 20.0 Å². The molecule has 1 aromatic heterocycles. The van der Waals surface area contributed by atoms with Crippen LogP contribution in [0, 0.1) is 10.1 Å². The molecular formula is C17H15N5O4S. The number of hydrogen-bond donors (Lipinski definition) is 3. The zero-order chi connectivity index (χ0) is 19.4. The summed E-state index contributed by atoms with van der Waals surface area (Å²) < 4.78 is 0. The number of anilines is 1. The van der Waals surface area contributed by atoms with Crippen molar-refractivity contribution in [3.63, 3.8) is 0 Å². The molecule has 3 rings (SSSR count). The maximum atomic E-state index is 12.3. The van der Waals surface area contributed by atoms with Gasteiger partial charge >= 0.3 is 0 Å². The molecule has 0 aliphatic rings. The maximum absolute atomic E-state index is 12.3. The number of thioether (sulfide) groups is 1. The molecule has 3 aromatic rings. The highest BCUT2D eigenvalue weighted by molar-refractivity contribution is 8.00. The van der Waals surface area contributed by atoms with E-state index in [4.69, 9.17) is 0 Å². The number of phenols is 1. The first kappa shape index (κ1) is 18.4. The Balaban J connectivity index is 1.66. The Morgan fingerprint density at radius 3 is 2.81 bits per heavy atom. The van der Waals surface area contributed by atoms with E-state index in [1.807, 2.05) is 0 Å². The fraction of sp³-hybridized carbons (Fsp3) is 0.118. The number of nitrogens with zero attached hydrogens (tertiary/aromatic N) is 3. The Kier molecular flexibility index (Phi) is 5.36. The van der Waals surface area contributed by atoms with Crippen molar-refractivity contribution in [2.75, 3.05) is 5.32 Å². The Morgan fingerprint density at radius 2 is 2.07 bits per heavy atom. The van der Waals surface area contributed by atoms with Gasteiger partial charge < -0.3 is 10.4 Å². The number of carbonyl (C=O) groups excluding carboxylic acids is 1. The fourth-order valence-corrected chi connectivity index (χ4v) is 2.97. The highest BCUT2D eigenvalue weighted by atomic mass is 32.2. The van der Waals surface area contributed by atoms with Crippen molar-refractivity contribution in [3.05, 3.63) is 58.6 Å². The molecule has 10 heteroatoms. The van der Waals surface area contributed by atoms with Crippen molar-refractivity contribution in [1.82, 2.24) is 15.2 Å². The number of hydrogen-bond acceptors (Lipinski definition) is 7. The summed E-state index contributed by atoms with van der Waals surface area (Å²) in [4.78, 5) is 26.9. The van der Waals surface area contributed by atoms with Crippen LogP contribution in [-0.2, 0) is 4.79 Å². The summed E-state index contributed by atoms with van der Waals surface area (Å²) in [5, 5.41) is 29.9. The molecule has 0 bridgehead atoms. The maximum Gasteiger partial charge on any atom is 0.271 e. The summed E-state index contributed by atoms with van der Waals surface area (Å²) in [5.41, 5.74) is 0.742. The summed E-state index contributed by atoms with van der Waals surface area (Å²) in [6, 6.07) is 12.4. The molecule has 1 amide bonds. The average molecular weight is 385 g/mol. The molecule has 0 fully saturated rings. The lowest BCUT2D eigenvalue weighted by atomic mass is 10.2. The molecule has 0 aliphatic carbocycles. The van der Waals surface area contributed by atoms with E-state index < -0.39 is 10.2 Å². The van der Waals surface area contributed by atoms with Crippen molar-refractivity contribution in [2.24, 2.45) is 0 Å². The molecule has 3 N–H and O–H groups in total. The molecule has 0 aliphatic heterocycles. The molecule has 0 spiro atoms. The average Bonchev–Trinajstić information content (AvgIpc) is 3.10. The number of aromatic nitrogens is 3. The van der Waals surface area contributed by atoms with Gasteiger partial charge in [-0.05, 0) is 25.1 Å². The lowest BCUT2D eigenvalue weighted by Gasteiger charge is -2.09. The molecule has 0 radical (unpaired) electrons. The second-order valence-corrected chi connectivity index (χ2v) is 6.85. The number of phenolic OH excluding ortho intramolecular Hbond substituents is 1. The van der Waals surface area contributed by atoms with Gasteiger partial charge in [-0.25, -0.2) is 4.98 Å². The van der Waals surface area contributed by atoms with E-state index in [0.29, 0.717) is 22.2 Å². The molecular weight excluding hydrogens is 370 g/mol. The van der Waals surface area contributed by atoms with E-state index in [1.165, 1.54) is 18.2 Å². The van der Waals surface area contributed by atoms with Crippen molar-refractivity contribution in [2.45, 2.75) is 17.3 Å². The Hall–Kier alpha value is -3.40. The number of para-hydroxylation sites is 1. The molecule has 9 nitrogen and oxygen atoms in total. The summed E-state index contributed by atoms with van der Waals surface area (Å²) in [6.45, 7) is 1.67. The van der Waals surface area contributed by atoms with Crippen LogP contribution in [0.5, 0.6) is 5.75 Å². The number of nitro groups is 1. The van der Waals surface area contributed by atoms with Crippen LogP contribution in [0.4, 0.5) is 11.4 Å². The standard InChI is InChI=1S/C17H15N5O4S/c1-10(16(24)18-11-5-4-6-12(9-11)22(25)26)27-17-19-15(20-21-17)13-7-2-3-8-14(13)23/h2-10,23H,1H3,(H,18,24)(H,19,20,21)/t10-/m1/s1. The summed E-state index contributed by atoms with van der Waals surface area (Å²) >= 11 is 1.12. The topological polar surface area (TPSA) is 134 Å². The number of non-ortho nitro benzene ring substituents is 1. The van der Waals surface area contributed by atoms with E-state index in [-0.39, 0.29) is 17.3 Å². The molecule has 1 heterocycles. The predicted molar refractivity (Wildman–Crippen MR) is 101 cm³/mol. The predicted octanol–water partition coefficient (Wildman–Crippen LogP) is 3.20. The van der Waals surface area contributed by atoms with E-state index in [9.17, 15) is 20.0 Å². The van der Waals surface area contributed by atoms with Gasteiger partial charge in [0.1, 0.15) is 5.75 Å². The van der Waals surface area contributed by atoms with E-state index in [1.54, 1.807) is 37.3 Å². The minimum absolute atomic E-state index is 0.0710. The smallest absolute Gasteiger partial charge is 0.271 e. The van der Waals surface area contributed by atoms with Gasteiger partial charge in [-0.1, -0.05) is 30.0 Å². The van der Waals surface area contributed by atoms with Gasteiger partial charge in [-0.15, -0.1) is 5.10 Å². The Bertz CT molecular complexity index is 991. The first-order chi connectivity index (χ1) is 12.9. The highest BCUT2D eigenvalue weighted by Crippen LogP contribution is 2.28. The fourth-order valence-electron chi connectivity index (χ4n) is 2.25. The van der Waals surface area contributed by atoms with Crippen LogP contribution >= 0.6 is 11.8 Å². The number of aromatic amines is 1. The Labute approximate surface area is 158 Å². The number of nitro benzene ring substituents is 1. The van der Waals surface area contributed by atoms with Gasteiger partial charge in [-0.2, -0.15) is 0 Å². The monoisotopic (exact) mass is 385 g/mol. The second-order valence-electron chi connectivity index (χ2n) is 5.54. The number of carbonyl (C=O) groups is 1. The van der Waals surface area contributed by atoms with E-state index in [2.05, 4.69) is 20.5 Å². The first-order valence-corrected chi connectivity index (χ1v) is 8.75. The van der Waals surface area contributed by atoms with Crippen LogP contribution < -0.4 is 5.32 Å². The second kappa shape index (κ2) is 7.87. The SMILES string of the molecule is C[C@@H](Sc1n[nH]c(-c2ccccc2O)n1)C(=O)Nc1cccc([N+](=O)[O-])c1. The molecule has 0 unspecified atom stereocenters. The van der Waals surface area contributed by atoms with Crippen LogP contribution in [0.15, 0.2) is 53.7 Å². The lowest BCUT2D eigenvalue weighted by Crippen LogP contribution is -2.22. The summed E-state index contributed by atoms with van der Waals surface area (Å²) in [7, 11) is 0. The zero-order valence-corrected chi connectivity index (χ0v) is 14.9. The minimum Gasteiger partial charge on any atom is -0.507 e. The summed E-state index contributed by atoms with van der Waals surface area (Å²) in [5.74, 6) is 0.123. The van der Waals surface area contributed by atoms with Crippen molar-refractivity contribution >= 4 is 29.0 Å². The third kappa shape index (κ3) is 4.42. The third-order valence-corrected chi connectivity index (χ3v) is 4.56. The van der Waals surface area contributed by atoms with Crippen LogP contribution in [-0.4, -0.2) is 36.4 Å². The highest BCUT2D eigenvalue weighted by Gasteiger charge is 2.19. The van der Waals surface area contributed by atoms with E-state index >= 15 is 0 Å². The number of H-pyrrole nitrogens is 1. The number of benzene rings is 2. The summed E-state index contributed by atoms with van der Waals surface area (Å²) in [6.07, 6.45) is 0. The quantitative estimate of drug-likeness (QED) is 0.337. The molecule has 0 saturated carbocycles. The minimum atomic E-state index is -0.544. The van der Waals surface area contributed by atoms with Gasteiger partial charge in [0.2, 0.25) is 11.1 Å². The van der Waals surface area contributed by atoms with Crippen molar-refractivity contribution in [3.8, 4) is 17.1 Å². The van der Waals surface area contributed by atoms with Crippen molar-refractivity contribution < 1.29 is 14.8 Å². The van der Waals surface area contributed by atoms with Gasteiger partial charge in [0, 0.05) is 17.8 Å². The number of nitrogens with one attached hydrogen (secondary N) is 2. The normalized spacial score (nSPS) is 11.7. The van der Waals surface area contributed by atoms with Crippen LogP contribution in [0.25, 0.3) is 11.4 Å². The van der Waals surface area contributed by atoms with Gasteiger partial charge in [0.05, 0.1) is 15.7 Å². The zero-order valence-electron chi connectivity index (χ0n) is 14.1. The molecule has 1 atom stereocenters. The number of aromatic hydroxyl groups is 1. The molecule has 2 aromatic carbocycles. The Morgan fingerprint density at radius 1 is 1.30 bits per heavy atom. The van der Waals surface area contributed by atoms with Gasteiger partial charge in [0.15, 0.2) is 5.82 Å². The molecule has 27 heavy (non-hydrogen) atoms. The first-order valence-electron chi connectivity index (χ1n) is 7.87. The number of rotatable bonds is 6. The van der Waals surface area contributed by atoms with Gasteiger partial charge in [0.25, 0.3) is 5.69 Å². The third-order valence-electron chi connectivity index (χ3n) is 3.60. The number of amides is 1. The van der Waals surface area contributed by atoms with Crippen molar-refractivity contribution in [1.29, 1.82) is 0 Å². The lowest BCUT2D eigenvalue weighted by molar-refractivity contribution is -0.384. The van der Waals surface area contributed by atoms with Crippen LogP contribution in [0.3, 0.4) is 0 Å². The largest absolute Gasteiger partial charge is 0.507 e. The molecule has 138 valence electrons.